The summed E-state index contributed by atoms with van der Waals surface area (Å²) in [5.41, 5.74) is 0. The minimum Gasteiger partial charge on any atom is -0.383 e. The lowest BCUT2D eigenvalue weighted by Crippen LogP contribution is -2.15. The highest BCUT2D eigenvalue weighted by Gasteiger charge is 2.18. The molecule has 0 aromatic rings. The van der Waals surface area contributed by atoms with E-state index in [0.29, 0.717) is 5.92 Å². The second-order valence-corrected chi connectivity index (χ2v) is 3.45. The molecule has 0 saturated carbocycles. The highest BCUT2D eigenvalue weighted by atomic mass is 79.9. The first-order chi connectivity index (χ1) is 5.11. The quantitative estimate of drug-likeness (QED) is 0.732. The molecule has 0 bridgehead atoms. The second kappa shape index (κ2) is 5.58. The Morgan fingerprint density at radius 3 is 2.36 bits per heavy atom. The molecule has 1 atom stereocenters. The van der Waals surface area contributed by atoms with E-state index in [0.717, 1.165) is 12.8 Å². The topological polar surface area (TPSA) is 26.3 Å². The van der Waals surface area contributed by atoms with Gasteiger partial charge in [-0.25, -0.2) is 0 Å². The molecule has 0 aromatic carbocycles. The van der Waals surface area contributed by atoms with Gasteiger partial charge in [-0.05, 0) is 18.8 Å². The highest BCUT2D eigenvalue weighted by Crippen LogP contribution is 2.17. The van der Waals surface area contributed by atoms with Crippen LogP contribution in [0.1, 0.15) is 33.6 Å². The van der Waals surface area contributed by atoms with Crippen LogP contribution in [-0.2, 0) is 8.62 Å². The van der Waals surface area contributed by atoms with E-state index in [1.165, 1.54) is 0 Å². The van der Waals surface area contributed by atoms with Crippen LogP contribution in [0.5, 0.6) is 0 Å². The zero-order valence-electron chi connectivity index (χ0n) is 7.26. The summed E-state index contributed by atoms with van der Waals surface area (Å²) < 4.78 is 4.48. The number of carbonyl (C=O) groups is 1. The first-order valence-corrected chi connectivity index (χ1v) is 4.59. The number of carbonyl (C=O) groups excluding carboxylic acids is 1. The summed E-state index contributed by atoms with van der Waals surface area (Å²) in [4.78, 5) is 11.0. The Morgan fingerprint density at radius 1 is 1.55 bits per heavy atom. The number of halogens is 1. The lowest BCUT2D eigenvalue weighted by Gasteiger charge is -2.12. The largest absolute Gasteiger partial charge is 0.383 e. The molecular formula is C8H15BrO2. The molecule has 66 valence electrons. The third-order valence-corrected chi connectivity index (χ3v) is 1.98. The Hall–Kier alpha value is -0.0500. The lowest BCUT2D eigenvalue weighted by atomic mass is 9.95. The second-order valence-electron chi connectivity index (χ2n) is 3.13. The van der Waals surface area contributed by atoms with Crippen LogP contribution in [-0.4, -0.2) is 5.97 Å². The number of hydrogen-bond donors (Lipinski definition) is 0. The maximum atomic E-state index is 11.0. The van der Waals surface area contributed by atoms with E-state index in [-0.39, 0.29) is 11.9 Å². The molecule has 0 rings (SSSR count). The average molecular weight is 223 g/mol. The van der Waals surface area contributed by atoms with Crippen molar-refractivity contribution in [3.05, 3.63) is 0 Å². The van der Waals surface area contributed by atoms with Crippen molar-refractivity contribution in [1.29, 1.82) is 0 Å². The molecule has 11 heavy (non-hydrogen) atoms. The molecule has 2 nitrogen and oxygen atoms in total. The van der Waals surface area contributed by atoms with E-state index in [4.69, 9.17) is 0 Å². The van der Waals surface area contributed by atoms with Crippen LogP contribution in [0, 0.1) is 11.8 Å². The van der Waals surface area contributed by atoms with Crippen molar-refractivity contribution >= 4 is 22.2 Å². The van der Waals surface area contributed by atoms with E-state index in [1.54, 1.807) is 0 Å². The molecule has 0 fully saturated rings. The van der Waals surface area contributed by atoms with Gasteiger partial charge in [0.2, 0.25) is 0 Å². The van der Waals surface area contributed by atoms with E-state index in [9.17, 15) is 4.79 Å². The lowest BCUT2D eigenvalue weighted by molar-refractivity contribution is -0.137. The molecule has 0 amide bonds. The monoisotopic (exact) mass is 222 g/mol. The Kier molecular flexibility index (Phi) is 5.56. The predicted molar refractivity (Wildman–Crippen MR) is 48.3 cm³/mol. The first-order valence-electron chi connectivity index (χ1n) is 3.94. The summed E-state index contributed by atoms with van der Waals surface area (Å²) in [7, 11) is 0. The van der Waals surface area contributed by atoms with Gasteiger partial charge in [0, 0.05) is 0 Å². The van der Waals surface area contributed by atoms with Gasteiger partial charge in [-0.3, -0.25) is 4.79 Å². The normalized spacial score (nSPS) is 13.2. The van der Waals surface area contributed by atoms with E-state index >= 15 is 0 Å². The molecule has 0 radical (unpaired) electrons. The number of rotatable bonds is 4. The highest BCUT2D eigenvalue weighted by molar-refractivity contribution is 9.06. The van der Waals surface area contributed by atoms with Crippen molar-refractivity contribution in [3.8, 4) is 0 Å². The summed E-state index contributed by atoms with van der Waals surface area (Å²) in [6, 6.07) is 0. The standard InChI is InChI=1S/C8H15BrO2/c1-4-7(5-6(2)3)8(10)11-9/h6-7H,4-5H2,1-3H3. The van der Waals surface area contributed by atoms with Crippen molar-refractivity contribution in [2.24, 2.45) is 11.8 Å². The van der Waals surface area contributed by atoms with Crippen molar-refractivity contribution in [3.63, 3.8) is 0 Å². The minimum atomic E-state index is -0.152. The van der Waals surface area contributed by atoms with Crippen LogP contribution in [0.2, 0.25) is 0 Å². The molecule has 0 saturated heterocycles. The first kappa shape index (κ1) is 11.0. The molecule has 0 aliphatic heterocycles. The van der Waals surface area contributed by atoms with Crippen molar-refractivity contribution in [2.45, 2.75) is 33.6 Å². The van der Waals surface area contributed by atoms with Crippen molar-refractivity contribution < 1.29 is 8.62 Å². The molecule has 0 heterocycles. The average Bonchev–Trinajstić information content (AvgIpc) is 1.98. The summed E-state index contributed by atoms with van der Waals surface area (Å²) >= 11 is 2.70. The Bertz CT molecular complexity index is 123. The maximum absolute atomic E-state index is 11.0. The van der Waals surface area contributed by atoms with Crippen LogP contribution in [0.15, 0.2) is 0 Å². The molecule has 1 unspecified atom stereocenters. The van der Waals surface area contributed by atoms with Crippen LogP contribution in [0.25, 0.3) is 0 Å². The fourth-order valence-corrected chi connectivity index (χ4v) is 1.33. The smallest absolute Gasteiger partial charge is 0.320 e. The van der Waals surface area contributed by atoms with E-state index in [2.05, 4.69) is 33.9 Å². The summed E-state index contributed by atoms with van der Waals surface area (Å²) in [6.45, 7) is 6.20. The zero-order valence-corrected chi connectivity index (χ0v) is 8.85. The SMILES string of the molecule is CCC(CC(C)C)C(=O)OBr. The Balaban J connectivity index is 3.84. The third kappa shape index (κ3) is 4.40. The predicted octanol–water partition coefficient (Wildman–Crippen LogP) is 2.91. The fourth-order valence-electron chi connectivity index (χ4n) is 1.06. The van der Waals surface area contributed by atoms with Gasteiger partial charge in [-0.15, -0.1) is 0 Å². The molecular weight excluding hydrogens is 208 g/mol. The minimum absolute atomic E-state index is 0.0503. The van der Waals surface area contributed by atoms with Gasteiger partial charge in [0.05, 0.1) is 5.92 Å². The van der Waals surface area contributed by atoms with Crippen LogP contribution >= 0.6 is 16.3 Å². The van der Waals surface area contributed by atoms with Gasteiger partial charge in [0.1, 0.15) is 0 Å². The van der Waals surface area contributed by atoms with Crippen LogP contribution in [0.3, 0.4) is 0 Å². The molecule has 0 aliphatic carbocycles. The van der Waals surface area contributed by atoms with Gasteiger partial charge in [0.15, 0.2) is 16.3 Å². The summed E-state index contributed by atoms with van der Waals surface area (Å²) in [5, 5.41) is 0. The fraction of sp³-hybridized carbons (Fsp3) is 0.875. The van der Waals surface area contributed by atoms with Crippen molar-refractivity contribution in [2.75, 3.05) is 0 Å². The molecule has 0 N–H and O–H groups in total. The van der Waals surface area contributed by atoms with Crippen LogP contribution < -0.4 is 0 Å². The van der Waals surface area contributed by atoms with E-state index < -0.39 is 0 Å². The van der Waals surface area contributed by atoms with Gasteiger partial charge in [-0.2, -0.15) is 0 Å². The van der Waals surface area contributed by atoms with Gasteiger partial charge >= 0.3 is 5.97 Å². The summed E-state index contributed by atoms with van der Waals surface area (Å²) in [6.07, 6.45) is 1.75. The number of hydrogen-bond acceptors (Lipinski definition) is 2. The van der Waals surface area contributed by atoms with Crippen molar-refractivity contribution in [1.82, 2.24) is 0 Å². The van der Waals surface area contributed by atoms with Gasteiger partial charge < -0.3 is 3.83 Å². The zero-order chi connectivity index (χ0) is 8.85. The molecule has 0 aliphatic rings. The van der Waals surface area contributed by atoms with E-state index in [1.807, 2.05) is 6.92 Å². The maximum Gasteiger partial charge on any atom is 0.320 e. The van der Waals surface area contributed by atoms with Gasteiger partial charge in [0.25, 0.3) is 0 Å². The Morgan fingerprint density at radius 2 is 2.09 bits per heavy atom. The van der Waals surface area contributed by atoms with Gasteiger partial charge in [-0.1, -0.05) is 20.8 Å². The van der Waals surface area contributed by atoms with Crippen LogP contribution in [0.4, 0.5) is 0 Å². The molecule has 0 aromatic heterocycles. The molecule has 0 spiro atoms. The molecule has 3 heteroatoms. The third-order valence-electron chi connectivity index (χ3n) is 1.66. The summed E-state index contributed by atoms with van der Waals surface area (Å²) in [5.74, 6) is 0.446. The Labute approximate surface area is 76.8 Å².